The van der Waals surface area contributed by atoms with Crippen LogP contribution in [0.2, 0.25) is 0 Å². The van der Waals surface area contributed by atoms with E-state index in [1.807, 2.05) is 13.8 Å². The van der Waals surface area contributed by atoms with Crippen LogP contribution in [-0.4, -0.2) is 16.8 Å². The van der Waals surface area contributed by atoms with E-state index in [0.717, 1.165) is 18.6 Å². The molecule has 0 saturated carbocycles. The van der Waals surface area contributed by atoms with Crippen LogP contribution in [0.15, 0.2) is 11.1 Å². The van der Waals surface area contributed by atoms with E-state index in [0.29, 0.717) is 24.1 Å². The molecule has 0 saturated heterocycles. The standard InChI is InChI=1S/C16H18F2INO2/c1-9-16(2,7-5-3-4-6-12(21)22)13-11(20-9)8-10(17)15(19)14(13)18/h8H,3-7H2,1-2H3,(H,21,22). The second kappa shape index (κ2) is 6.60. The summed E-state index contributed by atoms with van der Waals surface area (Å²) in [6.07, 6.45) is 2.98. The molecule has 0 aromatic heterocycles. The Bertz CT molecular complexity index is 646. The van der Waals surface area contributed by atoms with Gasteiger partial charge in [-0.15, -0.1) is 0 Å². The molecule has 1 N–H and O–H groups in total. The van der Waals surface area contributed by atoms with Crippen LogP contribution in [0, 0.1) is 15.2 Å². The summed E-state index contributed by atoms with van der Waals surface area (Å²) in [5.74, 6) is -1.91. The SMILES string of the molecule is CC1=Nc2cc(F)c(I)c(F)c2C1(C)CCCCCC(=O)O. The van der Waals surface area contributed by atoms with Crippen LogP contribution in [0.5, 0.6) is 0 Å². The Morgan fingerprint density at radius 1 is 1.36 bits per heavy atom. The highest BCUT2D eigenvalue weighted by Gasteiger charge is 2.40. The molecule has 1 heterocycles. The molecular weight excluding hydrogens is 403 g/mol. The maximum atomic E-state index is 14.5. The number of aliphatic carboxylic acids is 1. The normalized spacial score (nSPS) is 20.0. The summed E-state index contributed by atoms with van der Waals surface area (Å²) in [5.41, 5.74) is 1.08. The Balaban J connectivity index is 2.17. The molecule has 0 fully saturated rings. The zero-order chi connectivity index (χ0) is 16.5. The van der Waals surface area contributed by atoms with Crippen LogP contribution in [0.1, 0.15) is 51.5 Å². The number of benzene rings is 1. The second-order valence-corrected chi connectivity index (χ2v) is 6.94. The number of aliphatic imine (C=N–C) groups is 1. The molecule has 1 aromatic rings. The molecule has 1 unspecified atom stereocenters. The molecule has 120 valence electrons. The van der Waals surface area contributed by atoms with E-state index in [1.165, 1.54) is 6.07 Å². The first-order valence-electron chi connectivity index (χ1n) is 7.23. The summed E-state index contributed by atoms with van der Waals surface area (Å²) in [5, 5.41) is 8.64. The molecule has 22 heavy (non-hydrogen) atoms. The zero-order valence-electron chi connectivity index (χ0n) is 12.5. The molecule has 0 bridgehead atoms. The predicted molar refractivity (Wildman–Crippen MR) is 89.9 cm³/mol. The molecule has 1 atom stereocenters. The van der Waals surface area contributed by atoms with Crippen molar-refractivity contribution in [1.29, 1.82) is 0 Å². The van der Waals surface area contributed by atoms with Crippen molar-refractivity contribution in [3.05, 3.63) is 26.8 Å². The molecule has 6 heteroatoms. The minimum absolute atomic E-state index is 0.00153. The fraction of sp³-hybridized carbons (Fsp3) is 0.500. The van der Waals surface area contributed by atoms with Gasteiger partial charge >= 0.3 is 5.97 Å². The van der Waals surface area contributed by atoms with E-state index in [9.17, 15) is 13.6 Å². The first-order chi connectivity index (χ1) is 10.3. The summed E-state index contributed by atoms with van der Waals surface area (Å²) < 4.78 is 28.2. The van der Waals surface area contributed by atoms with Gasteiger partial charge in [-0.2, -0.15) is 0 Å². The van der Waals surface area contributed by atoms with Crippen LogP contribution in [0.25, 0.3) is 0 Å². The van der Waals surface area contributed by atoms with Gasteiger partial charge in [0.1, 0.15) is 11.6 Å². The highest BCUT2D eigenvalue weighted by Crippen LogP contribution is 2.46. The van der Waals surface area contributed by atoms with Crippen LogP contribution < -0.4 is 0 Å². The van der Waals surface area contributed by atoms with E-state index in [2.05, 4.69) is 4.99 Å². The lowest BCUT2D eigenvalue weighted by Crippen LogP contribution is -2.29. The molecule has 0 radical (unpaired) electrons. The van der Waals surface area contributed by atoms with Gasteiger partial charge in [0, 0.05) is 29.2 Å². The fourth-order valence-electron chi connectivity index (χ4n) is 2.92. The lowest BCUT2D eigenvalue weighted by atomic mass is 9.75. The summed E-state index contributed by atoms with van der Waals surface area (Å²) >= 11 is 1.68. The molecule has 0 aliphatic carbocycles. The van der Waals surface area contributed by atoms with Crippen molar-refractivity contribution >= 4 is 40.0 Å². The van der Waals surface area contributed by atoms with Gasteiger partial charge in [0.2, 0.25) is 0 Å². The molecular formula is C16H18F2INO2. The lowest BCUT2D eigenvalue weighted by Gasteiger charge is -2.27. The van der Waals surface area contributed by atoms with Crippen molar-refractivity contribution in [2.45, 2.75) is 51.4 Å². The highest BCUT2D eigenvalue weighted by molar-refractivity contribution is 14.1. The zero-order valence-corrected chi connectivity index (χ0v) is 14.7. The lowest BCUT2D eigenvalue weighted by molar-refractivity contribution is -0.137. The van der Waals surface area contributed by atoms with Crippen molar-refractivity contribution in [1.82, 2.24) is 0 Å². The number of hydrogen-bond donors (Lipinski definition) is 1. The Hall–Kier alpha value is -1.05. The van der Waals surface area contributed by atoms with Gasteiger partial charge in [-0.1, -0.05) is 19.8 Å². The molecule has 3 nitrogen and oxygen atoms in total. The summed E-state index contributed by atoms with van der Waals surface area (Å²) in [4.78, 5) is 14.8. The highest BCUT2D eigenvalue weighted by atomic mass is 127. The van der Waals surface area contributed by atoms with Crippen molar-refractivity contribution in [2.24, 2.45) is 4.99 Å². The third-order valence-electron chi connectivity index (χ3n) is 4.35. The average Bonchev–Trinajstić information content (AvgIpc) is 2.67. The first kappa shape index (κ1) is 17.3. The third-order valence-corrected chi connectivity index (χ3v) is 5.34. The van der Waals surface area contributed by atoms with E-state index in [1.54, 1.807) is 22.6 Å². The Kier molecular flexibility index (Phi) is 5.19. The van der Waals surface area contributed by atoms with E-state index >= 15 is 0 Å². The van der Waals surface area contributed by atoms with Crippen molar-refractivity contribution in [3.63, 3.8) is 0 Å². The van der Waals surface area contributed by atoms with E-state index < -0.39 is 23.0 Å². The number of halogens is 3. The van der Waals surface area contributed by atoms with Gasteiger partial charge in [-0.25, -0.2) is 8.78 Å². The minimum atomic E-state index is -0.800. The number of carbonyl (C=O) groups is 1. The van der Waals surface area contributed by atoms with Gasteiger partial charge in [-0.3, -0.25) is 9.79 Å². The smallest absolute Gasteiger partial charge is 0.303 e. The number of rotatable bonds is 6. The molecule has 1 aliphatic heterocycles. The Morgan fingerprint density at radius 2 is 2.05 bits per heavy atom. The van der Waals surface area contributed by atoms with Gasteiger partial charge in [0.05, 0.1) is 9.26 Å². The summed E-state index contributed by atoms with van der Waals surface area (Å²) in [6.45, 7) is 3.76. The average molecular weight is 421 g/mol. The molecule has 0 amide bonds. The van der Waals surface area contributed by atoms with Crippen LogP contribution in [0.3, 0.4) is 0 Å². The van der Waals surface area contributed by atoms with Crippen molar-refractivity contribution in [3.8, 4) is 0 Å². The maximum Gasteiger partial charge on any atom is 0.303 e. The quantitative estimate of drug-likeness (QED) is 0.401. The topological polar surface area (TPSA) is 49.7 Å². The van der Waals surface area contributed by atoms with Crippen molar-refractivity contribution < 1.29 is 18.7 Å². The predicted octanol–water partition coefficient (Wildman–Crippen LogP) is 4.97. The van der Waals surface area contributed by atoms with Crippen LogP contribution in [0.4, 0.5) is 14.5 Å². The summed E-state index contributed by atoms with van der Waals surface area (Å²) in [7, 11) is 0. The third kappa shape index (κ3) is 3.16. The number of fused-ring (bicyclic) bond motifs is 1. The van der Waals surface area contributed by atoms with E-state index in [4.69, 9.17) is 5.11 Å². The molecule has 2 rings (SSSR count). The van der Waals surface area contributed by atoms with Crippen LogP contribution in [-0.2, 0) is 10.2 Å². The monoisotopic (exact) mass is 421 g/mol. The molecule has 0 spiro atoms. The Morgan fingerprint density at radius 3 is 2.68 bits per heavy atom. The number of carboxylic acid groups (broad SMARTS) is 1. The van der Waals surface area contributed by atoms with Crippen molar-refractivity contribution in [2.75, 3.05) is 0 Å². The Labute approximate surface area is 142 Å². The van der Waals surface area contributed by atoms with Crippen LogP contribution >= 0.6 is 22.6 Å². The van der Waals surface area contributed by atoms with Gasteiger partial charge in [-0.05, 0) is 42.4 Å². The maximum absolute atomic E-state index is 14.5. The van der Waals surface area contributed by atoms with Gasteiger partial charge < -0.3 is 5.11 Å². The molecule has 1 aromatic carbocycles. The fourth-order valence-corrected chi connectivity index (χ4v) is 3.34. The van der Waals surface area contributed by atoms with E-state index in [-0.39, 0.29) is 9.99 Å². The number of hydrogen-bond acceptors (Lipinski definition) is 2. The first-order valence-corrected chi connectivity index (χ1v) is 8.31. The van der Waals surface area contributed by atoms with Gasteiger partial charge in [0.25, 0.3) is 0 Å². The largest absolute Gasteiger partial charge is 0.481 e. The second-order valence-electron chi connectivity index (χ2n) is 5.86. The number of unbranched alkanes of at least 4 members (excludes halogenated alkanes) is 2. The van der Waals surface area contributed by atoms with Gasteiger partial charge in [0.15, 0.2) is 0 Å². The minimum Gasteiger partial charge on any atom is -0.481 e. The number of nitrogens with zero attached hydrogens (tertiary/aromatic N) is 1. The number of carboxylic acids is 1. The summed E-state index contributed by atoms with van der Waals surface area (Å²) in [6, 6.07) is 1.29. The molecule has 1 aliphatic rings.